The smallest absolute Gasteiger partial charge is 0.226 e. The van der Waals surface area contributed by atoms with Crippen LogP contribution in [0.2, 0.25) is 0 Å². The molecule has 0 spiro atoms. The van der Waals surface area contributed by atoms with E-state index in [1.54, 1.807) is 6.26 Å². The zero-order valence-corrected chi connectivity index (χ0v) is 16.8. The second kappa shape index (κ2) is 6.72. The Bertz CT molecular complexity index is 1090. The molecule has 3 heterocycles. The van der Waals surface area contributed by atoms with Crippen LogP contribution in [0.4, 0.5) is 5.95 Å². The van der Waals surface area contributed by atoms with E-state index in [0.29, 0.717) is 24.1 Å². The number of rotatable bonds is 3. The lowest BCUT2D eigenvalue weighted by Gasteiger charge is -2.34. The predicted molar refractivity (Wildman–Crippen MR) is 110 cm³/mol. The molecule has 3 aromatic rings. The lowest BCUT2D eigenvalue weighted by molar-refractivity contribution is -0.117. The maximum Gasteiger partial charge on any atom is 0.226 e. The molecular weight excluding hydrogens is 364 g/mol. The van der Waals surface area contributed by atoms with Crippen LogP contribution in [0, 0.1) is 6.92 Å². The lowest BCUT2D eigenvalue weighted by Crippen LogP contribution is -2.33. The van der Waals surface area contributed by atoms with Gasteiger partial charge in [-0.25, -0.2) is 4.68 Å². The van der Waals surface area contributed by atoms with Crippen molar-refractivity contribution in [2.45, 2.75) is 51.5 Å². The van der Waals surface area contributed by atoms with Gasteiger partial charge >= 0.3 is 0 Å². The Kier molecular flexibility index (Phi) is 4.15. The fraction of sp³-hybridized carbons (Fsp3) is 0.348. The zero-order chi connectivity index (χ0) is 20.1. The van der Waals surface area contributed by atoms with Crippen LogP contribution < -0.4 is 5.32 Å². The first-order chi connectivity index (χ1) is 14.0. The number of nitrogens with one attached hydrogen (secondary N) is 1. The molecular formula is C23H24N4O2. The molecule has 0 unspecified atom stereocenters. The summed E-state index contributed by atoms with van der Waals surface area (Å²) in [4.78, 5) is 17.9. The summed E-state index contributed by atoms with van der Waals surface area (Å²) < 4.78 is 7.44. The van der Waals surface area contributed by atoms with E-state index in [4.69, 9.17) is 4.42 Å². The number of anilines is 1. The Labute approximate surface area is 169 Å². The highest BCUT2D eigenvalue weighted by atomic mass is 16.3. The summed E-state index contributed by atoms with van der Waals surface area (Å²) in [5.74, 6) is 2.87. The molecule has 6 nitrogen and oxygen atoms in total. The Hall–Kier alpha value is -3.15. The van der Waals surface area contributed by atoms with Crippen molar-refractivity contribution in [3.05, 3.63) is 76.6 Å². The van der Waals surface area contributed by atoms with Crippen LogP contribution in [0.3, 0.4) is 0 Å². The van der Waals surface area contributed by atoms with Crippen molar-refractivity contribution in [2.24, 2.45) is 0 Å². The standard InChI is InChI=1S/C23H24N4O2/c1-13(2)15-6-8-16(9-7-15)22-21-18(25-23-24-14(3)26-27(22)23)11-17(12-19(21)28)20-5-4-10-29-20/h4-10,13,17,22H,11-12H2,1-3H3,(H,24,25,26)/t17-,22+/m0/s1. The Morgan fingerprint density at radius 2 is 1.97 bits per heavy atom. The Balaban J connectivity index is 1.60. The van der Waals surface area contributed by atoms with E-state index in [1.165, 1.54) is 5.56 Å². The van der Waals surface area contributed by atoms with Crippen molar-refractivity contribution >= 4 is 11.7 Å². The number of hydrogen-bond acceptors (Lipinski definition) is 5. The minimum Gasteiger partial charge on any atom is -0.469 e. The van der Waals surface area contributed by atoms with Gasteiger partial charge in [0.25, 0.3) is 0 Å². The molecule has 0 saturated carbocycles. The third-order valence-electron chi connectivity index (χ3n) is 5.89. The van der Waals surface area contributed by atoms with Gasteiger partial charge in [0.15, 0.2) is 5.78 Å². The average molecular weight is 388 g/mol. The number of benzene rings is 1. The first-order valence-electron chi connectivity index (χ1n) is 10.1. The minimum absolute atomic E-state index is 0.0447. The van der Waals surface area contributed by atoms with Crippen LogP contribution >= 0.6 is 0 Å². The quantitative estimate of drug-likeness (QED) is 0.703. The third kappa shape index (κ3) is 2.99. The monoisotopic (exact) mass is 388 g/mol. The number of Topliss-reactive ketones (excluding diaryl/α,β-unsaturated/α-hetero) is 1. The molecule has 1 N–H and O–H groups in total. The largest absolute Gasteiger partial charge is 0.469 e. The van der Waals surface area contributed by atoms with Gasteiger partial charge in [0, 0.05) is 23.6 Å². The van der Waals surface area contributed by atoms with Gasteiger partial charge in [-0.15, -0.1) is 0 Å². The molecule has 2 aliphatic rings. The van der Waals surface area contributed by atoms with Gasteiger partial charge in [0.1, 0.15) is 17.6 Å². The van der Waals surface area contributed by atoms with Crippen molar-refractivity contribution in [3.8, 4) is 0 Å². The van der Waals surface area contributed by atoms with Crippen molar-refractivity contribution < 1.29 is 9.21 Å². The number of carbonyl (C=O) groups is 1. The number of aryl methyl sites for hydroxylation is 1. The van der Waals surface area contributed by atoms with E-state index in [1.807, 2.05) is 23.7 Å². The van der Waals surface area contributed by atoms with Crippen molar-refractivity contribution in [1.82, 2.24) is 14.8 Å². The second-order valence-corrected chi connectivity index (χ2v) is 8.21. The highest BCUT2D eigenvalue weighted by molar-refractivity contribution is 6.00. The maximum atomic E-state index is 13.3. The molecule has 1 aliphatic carbocycles. The summed E-state index contributed by atoms with van der Waals surface area (Å²) in [6.45, 7) is 6.23. The predicted octanol–water partition coefficient (Wildman–Crippen LogP) is 4.72. The van der Waals surface area contributed by atoms with Crippen LogP contribution in [-0.4, -0.2) is 20.5 Å². The third-order valence-corrected chi connectivity index (χ3v) is 5.89. The molecule has 0 amide bonds. The fourth-order valence-electron chi connectivity index (χ4n) is 4.41. The molecule has 0 fully saturated rings. The Morgan fingerprint density at radius 1 is 1.17 bits per heavy atom. The molecule has 29 heavy (non-hydrogen) atoms. The highest BCUT2D eigenvalue weighted by Gasteiger charge is 2.40. The van der Waals surface area contributed by atoms with E-state index in [9.17, 15) is 4.79 Å². The van der Waals surface area contributed by atoms with E-state index in [0.717, 1.165) is 29.0 Å². The Morgan fingerprint density at radius 3 is 2.66 bits per heavy atom. The number of fused-ring (bicyclic) bond motifs is 1. The van der Waals surface area contributed by atoms with E-state index >= 15 is 0 Å². The minimum atomic E-state index is -0.256. The van der Waals surface area contributed by atoms with Crippen LogP contribution in [0.1, 0.15) is 67.3 Å². The van der Waals surface area contributed by atoms with Gasteiger partial charge in [0.05, 0.1) is 6.26 Å². The number of carbonyl (C=O) groups excluding carboxylic acids is 1. The summed E-state index contributed by atoms with van der Waals surface area (Å²) >= 11 is 0. The van der Waals surface area contributed by atoms with E-state index in [-0.39, 0.29) is 17.7 Å². The van der Waals surface area contributed by atoms with Crippen molar-refractivity contribution in [3.63, 3.8) is 0 Å². The molecule has 0 saturated heterocycles. The van der Waals surface area contributed by atoms with Gasteiger partial charge in [0.2, 0.25) is 5.95 Å². The fourth-order valence-corrected chi connectivity index (χ4v) is 4.41. The van der Waals surface area contributed by atoms with Crippen LogP contribution in [0.25, 0.3) is 0 Å². The zero-order valence-electron chi connectivity index (χ0n) is 16.8. The number of furan rings is 1. The van der Waals surface area contributed by atoms with E-state index < -0.39 is 0 Å². The number of ketones is 1. The molecule has 1 aromatic carbocycles. The normalized spacial score (nSPS) is 21.2. The van der Waals surface area contributed by atoms with Crippen molar-refractivity contribution in [1.29, 1.82) is 0 Å². The summed E-state index contributed by atoms with van der Waals surface area (Å²) in [5.41, 5.74) is 4.06. The van der Waals surface area contributed by atoms with Gasteiger partial charge in [-0.3, -0.25) is 4.79 Å². The average Bonchev–Trinajstić information content (AvgIpc) is 3.35. The first-order valence-corrected chi connectivity index (χ1v) is 10.1. The molecule has 2 atom stereocenters. The summed E-state index contributed by atoms with van der Waals surface area (Å²) in [6.07, 6.45) is 2.83. The number of nitrogens with zero attached hydrogens (tertiary/aromatic N) is 3. The number of hydrogen-bond donors (Lipinski definition) is 1. The summed E-state index contributed by atoms with van der Waals surface area (Å²) in [7, 11) is 0. The molecule has 148 valence electrons. The molecule has 5 rings (SSSR count). The number of aromatic nitrogens is 3. The van der Waals surface area contributed by atoms with Crippen LogP contribution in [0.15, 0.2) is 58.3 Å². The van der Waals surface area contributed by atoms with Crippen LogP contribution in [-0.2, 0) is 4.79 Å². The van der Waals surface area contributed by atoms with Gasteiger partial charge in [-0.05, 0) is 42.5 Å². The lowest BCUT2D eigenvalue weighted by atomic mass is 9.79. The second-order valence-electron chi connectivity index (χ2n) is 8.21. The molecule has 1 aliphatic heterocycles. The van der Waals surface area contributed by atoms with E-state index in [2.05, 4.69) is 53.5 Å². The van der Waals surface area contributed by atoms with Gasteiger partial charge in [-0.1, -0.05) is 38.1 Å². The SMILES string of the molecule is Cc1nc2n(n1)[C@H](c1ccc(C(C)C)cc1)C1=C(C[C@H](c3ccco3)CC1=O)N2. The highest BCUT2D eigenvalue weighted by Crippen LogP contribution is 2.44. The summed E-state index contributed by atoms with van der Waals surface area (Å²) in [6, 6.07) is 12.1. The molecule has 0 bridgehead atoms. The molecule has 0 radical (unpaired) electrons. The van der Waals surface area contributed by atoms with Gasteiger partial charge in [-0.2, -0.15) is 10.1 Å². The maximum absolute atomic E-state index is 13.3. The number of allylic oxidation sites excluding steroid dienone is 2. The van der Waals surface area contributed by atoms with Crippen molar-refractivity contribution in [2.75, 3.05) is 5.32 Å². The van der Waals surface area contributed by atoms with Gasteiger partial charge < -0.3 is 9.73 Å². The topological polar surface area (TPSA) is 73.0 Å². The van der Waals surface area contributed by atoms with Crippen LogP contribution in [0.5, 0.6) is 0 Å². The summed E-state index contributed by atoms with van der Waals surface area (Å²) in [5, 5.41) is 7.98. The molecule has 2 aromatic heterocycles. The first kappa shape index (κ1) is 17.9. The molecule has 6 heteroatoms.